The van der Waals surface area contributed by atoms with Crippen LogP contribution in [-0.2, 0) is 14.3 Å². The second-order valence-electron chi connectivity index (χ2n) is 5.97. The lowest BCUT2D eigenvalue weighted by Gasteiger charge is -2.12. The van der Waals surface area contributed by atoms with Crippen LogP contribution in [-0.4, -0.2) is 29.4 Å². The number of hydrogen-bond acceptors (Lipinski definition) is 8. The van der Waals surface area contributed by atoms with E-state index in [1.54, 1.807) is 25.1 Å². The Bertz CT molecular complexity index is 1110. The molecule has 9 nitrogen and oxygen atoms in total. The Balaban J connectivity index is 2.02. The molecule has 0 spiro atoms. The monoisotopic (exact) mass is 522 g/mol. The molecule has 0 bridgehead atoms. The van der Waals surface area contributed by atoms with Crippen LogP contribution in [0.2, 0.25) is 0 Å². The van der Waals surface area contributed by atoms with Crippen LogP contribution < -0.4 is 9.47 Å². The number of benzene rings is 2. The number of nitro benzene ring substituents is 1. The highest BCUT2D eigenvalue weighted by Gasteiger charge is 2.29. The van der Waals surface area contributed by atoms with Crippen molar-refractivity contribution in [3.05, 3.63) is 66.9 Å². The van der Waals surface area contributed by atoms with Gasteiger partial charge in [-0.1, -0.05) is 12.1 Å². The molecule has 154 valence electrons. The minimum absolute atomic E-state index is 0.0263. The second-order valence-corrected chi connectivity index (χ2v) is 7.13. The van der Waals surface area contributed by atoms with E-state index in [0.29, 0.717) is 21.5 Å². The highest BCUT2D eigenvalue weighted by molar-refractivity contribution is 14.1. The Kier molecular flexibility index (Phi) is 6.45. The van der Waals surface area contributed by atoms with Gasteiger partial charge in [-0.25, -0.2) is 9.79 Å². The molecule has 2 aromatic rings. The molecule has 2 aromatic carbocycles. The molecule has 0 amide bonds. The zero-order valence-electron chi connectivity index (χ0n) is 15.9. The Morgan fingerprint density at radius 1 is 1.33 bits per heavy atom. The number of carbonyl (C=O) groups excluding carboxylic acids is 2. The lowest BCUT2D eigenvalue weighted by atomic mass is 10.1. The van der Waals surface area contributed by atoms with Gasteiger partial charge >= 0.3 is 11.9 Å². The van der Waals surface area contributed by atoms with Crippen LogP contribution in [0.1, 0.15) is 25.0 Å². The molecular formula is C20H15IN2O7. The summed E-state index contributed by atoms with van der Waals surface area (Å²) >= 11 is 1.99. The molecule has 0 unspecified atom stereocenters. The maximum absolute atomic E-state index is 12.3. The molecule has 0 saturated heterocycles. The van der Waals surface area contributed by atoms with E-state index in [1.807, 2.05) is 22.6 Å². The van der Waals surface area contributed by atoms with E-state index in [4.69, 9.17) is 14.2 Å². The number of nitro groups is 1. The number of cyclic esters (lactones) is 1. The number of hydrogen-bond donors (Lipinski definition) is 0. The van der Waals surface area contributed by atoms with Crippen molar-refractivity contribution < 1.29 is 28.7 Å². The summed E-state index contributed by atoms with van der Waals surface area (Å²) in [6.07, 6.45) is 1.46. The van der Waals surface area contributed by atoms with Gasteiger partial charge in [0.1, 0.15) is 5.56 Å². The summed E-state index contributed by atoms with van der Waals surface area (Å²) in [5, 5.41) is 11.2. The number of rotatable bonds is 6. The van der Waals surface area contributed by atoms with Gasteiger partial charge in [-0.05, 0) is 59.4 Å². The van der Waals surface area contributed by atoms with Crippen molar-refractivity contribution in [3.63, 3.8) is 0 Å². The first-order chi connectivity index (χ1) is 14.3. The van der Waals surface area contributed by atoms with Gasteiger partial charge in [0.25, 0.3) is 5.69 Å². The fourth-order valence-corrected chi connectivity index (χ4v) is 3.41. The maximum atomic E-state index is 12.3. The topological polar surface area (TPSA) is 117 Å². The normalized spacial score (nSPS) is 14.3. The molecule has 1 aliphatic heterocycles. The molecule has 3 rings (SSSR count). The molecule has 30 heavy (non-hydrogen) atoms. The summed E-state index contributed by atoms with van der Waals surface area (Å²) in [5.74, 6) is -0.751. The number of halogens is 1. The standard InChI is InChI=1S/C20H15IN2O7/c1-3-28-17-10-12(8-14(21)18(17)29-11(2)24)9-15-20(25)30-19(22-15)13-6-4-5-7-16(13)23(26)27/h4-10H,3H2,1-2H3/b15-9-. The molecular weight excluding hydrogens is 507 g/mol. The summed E-state index contributed by atoms with van der Waals surface area (Å²) < 4.78 is 16.5. The number of aliphatic imine (C=N–C) groups is 1. The van der Waals surface area contributed by atoms with Crippen molar-refractivity contribution in [2.24, 2.45) is 4.99 Å². The van der Waals surface area contributed by atoms with Crippen molar-refractivity contribution in [3.8, 4) is 11.5 Å². The molecule has 0 atom stereocenters. The van der Waals surface area contributed by atoms with Crippen molar-refractivity contribution in [2.75, 3.05) is 6.61 Å². The zero-order valence-corrected chi connectivity index (χ0v) is 18.0. The third-order valence-electron chi connectivity index (χ3n) is 3.83. The summed E-state index contributed by atoms with van der Waals surface area (Å²) in [5.41, 5.74) is 0.415. The number of para-hydroxylation sites is 1. The molecule has 1 heterocycles. The van der Waals surface area contributed by atoms with E-state index in [9.17, 15) is 19.7 Å². The Labute approximate surface area is 184 Å². The van der Waals surface area contributed by atoms with Crippen LogP contribution in [0.25, 0.3) is 6.08 Å². The van der Waals surface area contributed by atoms with E-state index in [2.05, 4.69) is 4.99 Å². The molecule has 0 aromatic heterocycles. The average molecular weight is 522 g/mol. The smallest absolute Gasteiger partial charge is 0.363 e. The molecule has 1 aliphatic rings. The Morgan fingerprint density at radius 3 is 2.73 bits per heavy atom. The van der Waals surface area contributed by atoms with Crippen molar-refractivity contribution >= 4 is 52.2 Å². The highest BCUT2D eigenvalue weighted by atomic mass is 127. The van der Waals surface area contributed by atoms with Gasteiger partial charge in [0, 0.05) is 13.0 Å². The van der Waals surface area contributed by atoms with E-state index < -0.39 is 16.9 Å². The first kappa shape index (κ1) is 21.4. The van der Waals surface area contributed by atoms with E-state index in [-0.39, 0.29) is 28.6 Å². The predicted octanol–water partition coefficient (Wildman–Crippen LogP) is 3.87. The number of nitrogens with zero attached hydrogens (tertiary/aromatic N) is 2. The first-order valence-corrected chi connectivity index (χ1v) is 9.79. The van der Waals surface area contributed by atoms with Gasteiger partial charge in [-0.3, -0.25) is 14.9 Å². The van der Waals surface area contributed by atoms with Gasteiger partial charge in [-0.2, -0.15) is 0 Å². The lowest BCUT2D eigenvalue weighted by Crippen LogP contribution is -2.08. The molecule has 0 N–H and O–H groups in total. The second kappa shape index (κ2) is 9.03. The van der Waals surface area contributed by atoms with Crippen LogP contribution in [0.5, 0.6) is 11.5 Å². The first-order valence-electron chi connectivity index (χ1n) is 8.71. The van der Waals surface area contributed by atoms with Gasteiger partial charge in [0.05, 0.1) is 15.1 Å². The lowest BCUT2D eigenvalue weighted by molar-refractivity contribution is -0.385. The van der Waals surface area contributed by atoms with Crippen LogP contribution in [0.3, 0.4) is 0 Å². The fourth-order valence-electron chi connectivity index (χ4n) is 2.67. The zero-order chi connectivity index (χ0) is 21.8. The largest absolute Gasteiger partial charge is 0.490 e. The van der Waals surface area contributed by atoms with E-state index in [1.165, 1.54) is 31.2 Å². The van der Waals surface area contributed by atoms with Crippen LogP contribution >= 0.6 is 22.6 Å². The third kappa shape index (κ3) is 4.64. The minimum atomic E-state index is -0.736. The van der Waals surface area contributed by atoms with Gasteiger partial charge in [0.2, 0.25) is 5.90 Å². The van der Waals surface area contributed by atoms with Crippen LogP contribution in [0.4, 0.5) is 5.69 Å². The molecule has 0 fully saturated rings. The molecule has 0 saturated carbocycles. The number of ether oxygens (including phenoxy) is 3. The minimum Gasteiger partial charge on any atom is -0.490 e. The summed E-state index contributed by atoms with van der Waals surface area (Å²) in [4.78, 5) is 38.4. The predicted molar refractivity (Wildman–Crippen MR) is 115 cm³/mol. The average Bonchev–Trinajstić information content (AvgIpc) is 3.05. The Hall–Kier alpha value is -3.28. The van der Waals surface area contributed by atoms with Gasteiger partial charge in [0.15, 0.2) is 17.2 Å². The summed E-state index contributed by atoms with van der Waals surface area (Å²) in [6.45, 7) is 3.41. The molecule has 0 aliphatic carbocycles. The molecule has 10 heteroatoms. The quantitative estimate of drug-likeness (QED) is 0.141. The van der Waals surface area contributed by atoms with E-state index in [0.717, 1.165) is 0 Å². The van der Waals surface area contributed by atoms with Gasteiger partial charge < -0.3 is 14.2 Å². The van der Waals surface area contributed by atoms with Crippen molar-refractivity contribution in [1.82, 2.24) is 0 Å². The van der Waals surface area contributed by atoms with Crippen LogP contribution in [0.15, 0.2) is 47.1 Å². The fraction of sp³-hybridized carbons (Fsp3) is 0.150. The van der Waals surface area contributed by atoms with Gasteiger partial charge in [-0.15, -0.1) is 0 Å². The SMILES string of the molecule is CCOc1cc(/C=C2\N=C(c3ccccc3[N+](=O)[O-])OC2=O)cc(I)c1OC(C)=O. The maximum Gasteiger partial charge on any atom is 0.363 e. The summed E-state index contributed by atoms with van der Waals surface area (Å²) in [6, 6.07) is 9.14. The molecule has 0 radical (unpaired) electrons. The van der Waals surface area contributed by atoms with Crippen molar-refractivity contribution in [1.29, 1.82) is 0 Å². The van der Waals surface area contributed by atoms with E-state index >= 15 is 0 Å². The number of carbonyl (C=O) groups is 2. The van der Waals surface area contributed by atoms with Crippen LogP contribution in [0, 0.1) is 13.7 Å². The van der Waals surface area contributed by atoms with Crippen molar-refractivity contribution in [2.45, 2.75) is 13.8 Å². The highest BCUT2D eigenvalue weighted by Crippen LogP contribution is 2.35. The number of esters is 2. The Morgan fingerprint density at radius 2 is 2.07 bits per heavy atom. The third-order valence-corrected chi connectivity index (χ3v) is 4.63. The summed E-state index contributed by atoms with van der Waals surface area (Å²) in [7, 11) is 0.